The fourth-order valence-corrected chi connectivity index (χ4v) is 3.97. The van der Waals surface area contributed by atoms with Gasteiger partial charge >= 0.3 is 0 Å². The van der Waals surface area contributed by atoms with Gasteiger partial charge in [0, 0.05) is 44.7 Å². The molecule has 2 aliphatic heterocycles. The highest BCUT2D eigenvalue weighted by Gasteiger charge is 2.35. The second-order valence-corrected chi connectivity index (χ2v) is 8.60. The zero-order valence-electron chi connectivity index (χ0n) is 16.6. The van der Waals surface area contributed by atoms with Crippen molar-refractivity contribution in [3.05, 3.63) is 30.1 Å². The highest BCUT2D eigenvalue weighted by atomic mass is 19.1. The zero-order chi connectivity index (χ0) is 19.6. The fourth-order valence-electron chi connectivity index (χ4n) is 3.97. The van der Waals surface area contributed by atoms with E-state index in [1.807, 2.05) is 41.5 Å². The van der Waals surface area contributed by atoms with E-state index >= 15 is 0 Å². The van der Waals surface area contributed by atoms with Crippen molar-refractivity contribution in [2.24, 2.45) is 11.3 Å². The van der Waals surface area contributed by atoms with Gasteiger partial charge in [-0.15, -0.1) is 0 Å². The lowest BCUT2D eigenvalue weighted by molar-refractivity contribution is -0.145. The van der Waals surface area contributed by atoms with Gasteiger partial charge in [-0.2, -0.15) is 0 Å². The lowest BCUT2D eigenvalue weighted by Crippen LogP contribution is -2.54. The molecule has 2 saturated heterocycles. The molecule has 2 fully saturated rings. The van der Waals surface area contributed by atoms with Crippen LogP contribution in [0.1, 0.15) is 33.6 Å². The van der Waals surface area contributed by atoms with Crippen LogP contribution >= 0.6 is 0 Å². The van der Waals surface area contributed by atoms with Crippen LogP contribution in [0.25, 0.3) is 0 Å². The van der Waals surface area contributed by atoms with Gasteiger partial charge in [0.2, 0.25) is 11.8 Å². The van der Waals surface area contributed by atoms with Crippen LogP contribution in [0.15, 0.2) is 24.3 Å². The third-order valence-electron chi connectivity index (χ3n) is 5.48. The Morgan fingerprint density at radius 2 is 1.67 bits per heavy atom. The number of carbonyl (C=O) groups excluding carboxylic acids is 2. The molecule has 2 aliphatic rings. The van der Waals surface area contributed by atoms with Gasteiger partial charge in [-0.05, 0) is 25.0 Å². The number of rotatable bonds is 2. The Morgan fingerprint density at radius 1 is 1.00 bits per heavy atom. The SMILES string of the molecule is CC(C)(C)C(=O)N1CCCC(C(=O)N2CCN(c3ccccc3F)CC2)C1. The second kappa shape index (κ2) is 7.87. The minimum atomic E-state index is -0.420. The normalized spacial score (nSPS) is 21.3. The molecule has 2 amide bonds. The summed E-state index contributed by atoms with van der Waals surface area (Å²) in [6, 6.07) is 6.77. The molecule has 1 unspecified atom stereocenters. The summed E-state index contributed by atoms with van der Waals surface area (Å²) >= 11 is 0. The molecule has 1 aromatic rings. The molecule has 0 saturated carbocycles. The first-order valence-electron chi connectivity index (χ1n) is 9.85. The highest BCUT2D eigenvalue weighted by Crippen LogP contribution is 2.26. The molecular formula is C21H30FN3O2. The van der Waals surface area contributed by atoms with Gasteiger partial charge in [0.15, 0.2) is 0 Å². The van der Waals surface area contributed by atoms with Crippen molar-refractivity contribution in [3.8, 4) is 0 Å². The summed E-state index contributed by atoms with van der Waals surface area (Å²) in [5.41, 5.74) is 0.181. The Kier molecular flexibility index (Phi) is 5.72. The monoisotopic (exact) mass is 375 g/mol. The molecule has 5 nitrogen and oxygen atoms in total. The zero-order valence-corrected chi connectivity index (χ0v) is 16.6. The second-order valence-electron chi connectivity index (χ2n) is 8.60. The predicted molar refractivity (Wildman–Crippen MR) is 104 cm³/mol. The Hall–Kier alpha value is -2.11. The van der Waals surface area contributed by atoms with Gasteiger partial charge in [-0.25, -0.2) is 4.39 Å². The Labute approximate surface area is 161 Å². The number of amides is 2. The van der Waals surface area contributed by atoms with E-state index < -0.39 is 5.41 Å². The summed E-state index contributed by atoms with van der Waals surface area (Å²) in [7, 11) is 0. The van der Waals surface area contributed by atoms with E-state index in [4.69, 9.17) is 0 Å². The molecule has 1 atom stereocenters. The molecule has 6 heteroatoms. The van der Waals surface area contributed by atoms with Gasteiger partial charge in [0.1, 0.15) is 5.82 Å². The summed E-state index contributed by atoms with van der Waals surface area (Å²) < 4.78 is 14.0. The summed E-state index contributed by atoms with van der Waals surface area (Å²) in [6.45, 7) is 9.46. The van der Waals surface area contributed by atoms with Crippen molar-refractivity contribution in [2.75, 3.05) is 44.2 Å². The quantitative estimate of drug-likeness (QED) is 0.798. The molecule has 3 rings (SSSR count). The summed E-state index contributed by atoms with van der Waals surface area (Å²) in [5, 5.41) is 0. The van der Waals surface area contributed by atoms with Crippen LogP contribution in [-0.2, 0) is 9.59 Å². The van der Waals surface area contributed by atoms with Crippen molar-refractivity contribution in [3.63, 3.8) is 0 Å². The Balaban J connectivity index is 1.57. The molecule has 0 bridgehead atoms. The van der Waals surface area contributed by atoms with Crippen molar-refractivity contribution in [1.82, 2.24) is 9.80 Å². The van der Waals surface area contributed by atoms with E-state index in [-0.39, 0.29) is 23.5 Å². The molecule has 0 N–H and O–H groups in total. The molecule has 2 heterocycles. The summed E-state index contributed by atoms with van der Waals surface area (Å²) in [6.07, 6.45) is 1.70. The topological polar surface area (TPSA) is 43.9 Å². The molecule has 0 radical (unpaired) electrons. The standard InChI is InChI=1S/C21H30FN3O2/c1-21(2,3)20(27)25-10-6-7-16(15-25)19(26)24-13-11-23(12-14-24)18-9-5-4-8-17(18)22/h4-5,8-9,16H,6-7,10-15H2,1-3H3. The third kappa shape index (κ3) is 4.42. The number of hydrogen-bond donors (Lipinski definition) is 0. The molecule has 0 aliphatic carbocycles. The number of carbonyl (C=O) groups is 2. The van der Waals surface area contributed by atoms with Crippen LogP contribution < -0.4 is 4.90 Å². The van der Waals surface area contributed by atoms with Gasteiger partial charge in [0.05, 0.1) is 11.6 Å². The lowest BCUT2D eigenvalue weighted by Gasteiger charge is -2.40. The maximum Gasteiger partial charge on any atom is 0.227 e. The van der Waals surface area contributed by atoms with E-state index in [1.165, 1.54) is 6.07 Å². The number of likely N-dealkylation sites (tertiary alicyclic amines) is 1. The first-order chi connectivity index (χ1) is 12.8. The molecule has 0 aromatic heterocycles. The van der Waals surface area contributed by atoms with Crippen LogP contribution in [0, 0.1) is 17.2 Å². The van der Waals surface area contributed by atoms with Gasteiger partial charge in [0.25, 0.3) is 0 Å². The van der Waals surface area contributed by atoms with E-state index in [9.17, 15) is 14.0 Å². The maximum atomic E-state index is 14.0. The van der Waals surface area contributed by atoms with Crippen LogP contribution in [0.3, 0.4) is 0 Å². The number of nitrogens with zero attached hydrogens (tertiary/aromatic N) is 3. The first kappa shape index (κ1) is 19.6. The Bertz CT molecular complexity index is 693. The minimum Gasteiger partial charge on any atom is -0.366 e. The number of hydrogen-bond acceptors (Lipinski definition) is 3. The molecule has 1 aromatic carbocycles. The number of benzene rings is 1. The Morgan fingerprint density at radius 3 is 2.30 bits per heavy atom. The smallest absolute Gasteiger partial charge is 0.227 e. The van der Waals surface area contributed by atoms with Crippen LogP contribution in [-0.4, -0.2) is 60.9 Å². The largest absolute Gasteiger partial charge is 0.366 e. The van der Waals surface area contributed by atoms with Crippen LogP contribution in [0.4, 0.5) is 10.1 Å². The number of para-hydroxylation sites is 1. The number of anilines is 1. The first-order valence-corrected chi connectivity index (χ1v) is 9.85. The van der Waals surface area contributed by atoms with E-state index in [1.54, 1.807) is 12.1 Å². The van der Waals surface area contributed by atoms with E-state index in [2.05, 4.69) is 0 Å². The van der Waals surface area contributed by atoms with Crippen molar-refractivity contribution in [1.29, 1.82) is 0 Å². The van der Waals surface area contributed by atoms with Crippen LogP contribution in [0.2, 0.25) is 0 Å². The molecule has 148 valence electrons. The van der Waals surface area contributed by atoms with Gasteiger partial charge in [-0.1, -0.05) is 32.9 Å². The van der Waals surface area contributed by atoms with E-state index in [0.717, 1.165) is 19.4 Å². The molecular weight excluding hydrogens is 345 g/mol. The van der Waals surface area contributed by atoms with Crippen molar-refractivity contribution >= 4 is 17.5 Å². The highest BCUT2D eigenvalue weighted by molar-refractivity contribution is 5.84. The minimum absolute atomic E-state index is 0.115. The van der Waals surface area contributed by atoms with E-state index in [0.29, 0.717) is 38.4 Å². The molecule has 27 heavy (non-hydrogen) atoms. The van der Waals surface area contributed by atoms with Crippen molar-refractivity contribution in [2.45, 2.75) is 33.6 Å². The third-order valence-corrected chi connectivity index (χ3v) is 5.48. The number of piperazine rings is 1. The average molecular weight is 375 g/mol. The number of halogens is 1. The fraction of sp³-hybridized carbons (Fsp3) is 0.619. The lowest BCUT2D eigenvalue weighted by atomic mass is 9.90. The average Bonchev–Trinajstić information content (AvgIpc) is 2.67. The predicted octanol–water partition coefficient (Wildman–Crippen LogP) is 2.76. The van der Waals surface area contributed by atoms with Crippen molar-refractivity contribution < 1.29 is 14.0 Å². The summed E-state index contributed by atoms with van der Waals surface area (Å²) in [5.74, 6) is -0.0927. The van der Waals surface area contributed by atoms with Gasteiger partial charge in [-0.3, -0.25) is 9.59 Å². The molecule has 0 spiro atoms. The van der Waals surface area contributed by atoms with Crippen LogP contribution in [0.5, 0.6) is 0 Å². The summed E-state index contributed by atoms with van der Waals surface area (Å²) in [4.78, 5) is 31.3. The van der Waals surface area contributed by atoms with Gasteiger partial charge < -0.3 is 14.7 Å². The number of piperidine rings is 1. The maximum absolute atomic E-state index is 14.0.